The molecule has 4 heteroatoms. The molecule has 0 aromatic carbocycles. The number of unbranched alkanes of at least 4 members (excludes halogenated alkanes) is 1. The average Bonchev–Trinajstić information content (AvgIpc) is 2.33. The van der Waals surface area contributed by atoms with E-state index in [0.717, 1.165) is 24.6 Å². The number of rotatable bonds is 8. The van der Waals surface area contributed by atoms with Gasteiger partial charge in [-0.15, -0.1) is 0 Å². The van der Waals surface area contributed by atoms with Crippen molar-refractivity contribution in [1.29, 1.82) is 0 Å². The second-order valence-corrected chi connectivity index (χ2v) is 4.89. The molecule has 0 amide bonds. The van der Waals surface area contributed by atoms with Gasteiger partial charge in [0.2, 0.25) is 0 Å². The lowest BCUT2D eigenvalue weighted by molar-refractivity contribution is 0.0690. The third-order valence-corrected chi connectivity index (χ3v) is 2.72. The predicted molar refractivity (Wildman–Crippen MR) is 71.6 cm³/mol. The van der Waals surface area contributed by atoms with Crippen LogP contribution in [0.15, 0.2) is 18.2 Å². The molecule has 1 aromatic rings. The first-order valence-corrected chi connectivity index (χ1v) is 6.49. The van der Waals surface area contributed by atoms with E-state index in [4.69, 9.17) is 5.11 Å². The van der Waals surface area contributed by atoms with E-state index in [9.17, 15) is 4.79 Å². The van der Waals surface area contributed by atoms with Gasteiger partial charge in [0.05, 0.1) is 5.69 Å². The maximum absolute atomic E-state index is 10.7. The Morgan fingerprint density at radius 2 is 2.17 bits per heavy atom. The van der Waals surface area contributed by atoms with Gasteiger partial charge in [-0.3, -0.25) is 0 Å². The fourth-order valence-electron chi connectivity index (χ4n) is 1.72. The minimum absolute atomic E-state index is 0.106. The zero-order chi connectivity index (χ0) is 13.4. The minimum atomic E-state index is -0.978. The zero-order valence-electron chi connectivity index (χ0n) is 11.1. The Hall–Kier alpha value is -1.42. The highest BCUT2D eigenvalue weighted by atomic mass is 16.4. The number of nitrogens with one attached hydrogen (secondary N) is 1. The van der Waals surface area contributed by atoms with Crippen LogP contribution in [0.5, 0.6) is 0 Å². The Kier molecular flexibility index (Phi) is 6.36. The van der Waals surface area contributed by atoms with Crippen molar-refractivity contribution in [2.75, 3.05) is 6.54 Å². The first-order chi connectivity index (χ1) is 8.59. The third-order valence-electron chi connectivity index (χ3n) is 2.72. The van der Waals surface area contributed by atoms with Gasteiger partial charge in [-0.2, -0.15) is 0 Å². The van der Waals surface area contributed by atoms with Crippen molar-refractivity contribution in [3.05, 3.63) is 29.6 Å². The molecule has 0 saturated carbocycles. The Bertz CT molecular complexity index is 378. The molecule has 0 atom stereocenters. The van der Waals surface area contributed by atoms with Crippen LogP contribution < -0.4 is 5.32 Å². The van der Waals surface area contributed by atoms with Crippen LogP contribution in [-0.2, 0) is 6.54 Å². The number of carboxylic acid groups (broad SMARTS) is 1. The molecule has 0 bridgehead atoms. The van der Waals surface area contributed by atoms with Gasteiger partial charge in [-0.05, 0) is 31.0 Å². The third kappa shape index (κ3) is 5.77. The summed E-state index contributed by atoms with van der Waals surface area (Å²) in [6, 6.07) is 5.08. The molecular weight excluding hydrogens is 228 g/mol. The molecule has 0 aliphatic rings. The summed E-state index contributed by atoms with van der Waals surface area (Å²) in [6.07, 6.45) is 3.64. The van der Waals surface area contributed by atoms with Crippen molar-refractivity contribution in [2.45, 2.75) is 39.7 Å². The lowest BCUT2D eigenvalue weighted by Crippen LogP contribution is -2.16. The smallest absolute Gasteiger partial charge is 0.354 e. The van der Waals surface area contributed by atoms with Gasteiger partial charge in [0, 0.05) is 6.54 Å². The number of pyridine rings is 1. The van der Waals surface area contributed by atoms with Crippen molar-refractivity contribution in [1.82, 2.24) is 10.3 Å². The summed E-state index contributed by atoms with van der Waals surface area (Å²) in [4.78, 5) is 14.8. The fraction of sp³-hybridized carbons (Fsp3) is 0.571. The minimum Gasteiger partial charge on any atom is -0.477 e. The molecule has 0 aliphatic carbocycles. The fourth-order valence-corrected chi connectivity index (χ4v) is 1.72. The van der Waals surface area contributed by atoms with E-state index >= 15 is 0 Å². The average molecular weight is 250 g/mol. The molecular formula is C14H22N2O2. The SMILES string of the molecule is CC(C)CCCCNCc1cccc(C(=O)O)n1. The molecule has 18 heavy (non-hydrogen) atoms. The summed E-state index contributed by atoms with van der Waals surface area (Å²) >= 11 is 0. The Balaban J connectivity index is 2.23. The van der Waals surface area contributed by atoms with E-state index in [-0.39, 0.29) is 5.69 Å². The molecule has 2 N–H and O–H groups in total. The number of hydrogen-bond donors (Lipinski definition) is 2. The van der Waals surface area contributed by atoms with Crippen LogP contribution in [-0.4, -0.2) is 22.6 Å². The van der Waals surface area contributed by atoms with Crippen molar-refractivity contribution < 1.29 is 9.90 Å². The van der Waals surface area contributed by atoms with Gasteiger partial charge in [0.1, 0.15) is 5.69 Å². The van der Waals surface area contributed by atoms with E-state index in [1.807, 2.05) is 6.07 Å². The van der Waals surface area contributed by atoms with Crippen LogP contribution in [0, 0.1) is 5.92 Å². The van der Waals surface area contributed by atoms with Gasteiger partial charge >= 0.3 is 5.97 Å². The first-order valence-electron chi connectivity index (χ1n) is 6.49. The number of carboxylic acids is 1. The monoisotopic (exact) mass is 250 g/mol. The quantitative estimate of drug-likeness (QED) is 0.696. The summed E-state index contributed by atoms with van der Waals surface area (Å²) in [5, 5.41) is 12.1. The van der Waals surface area contributed by atoms with E-state index in [1.54, 1.807) is 6.07 Å². The highest BCUT2D eigenvalue weighted by Crippen LogP contribution is 2.05. The van der Waals surface area contributed by atoms with Crippen molar-refractivity contribution in [3.63, 3.8) is 0 Å². The Labute approximate surface area is 108 Å². The van der Waals surface area contributed by atoms with Crippen molar-refractivity contribution >= 4 is 5.97 Å². The molecule has 1 rings (SSSR count). The van der Waals surface area contributed by atoms with E-state index in [1.165, 1.54) is 18.9 Å². The normalized spacial score (nSPS) is 10.8. The zero-order valence-corrected chi connectivity index (χ0v) is 11.1. The van der Waals surface area contributed by atoms with Crippen LogP contribution in [0.1, 0.15) is 49.3 Å². The molecule has 1 heterocycles. The van der Waals surface area contributed by atoms with E-state index < -0.39 is 5.97 Å². The molecule has 0 saturated heterocycles. The standard InChI is InChI=1S/C14H22N2O2/c1-11(2)6-3-4-9-15-10-12-7-5-8-13(16-12)14(17)18/h5,7-8,11,15H,3-4,6,9-10H2,1-2H3,(H,17,18). The topological polar surface area (TPSA) is 62.2 Å². The number of aromatic carboxylic acids is 1. The molecule has 0 fully saturated rings. The first kappa shape index (κ1) is 14.6. The van der Waals surface area contributed by atoms with Crippen molar-refractivity contribution in [2.24, 2.45) is 5.92 Å². The number of aromatic nitrogens is 1. The van der Waals surface area contributed by atoms with Gasteiger partial charge in [-0.1, -0.05) is 32.8 Å². The van der Waals surface area contributed by atoms with Crippen LogP contribution in [0.4, 0.5) is 0 Å². The van der Waals surface area contributed by atoms with E-state index in [2.05, 4.69) is 24.1 Å². The van der Waals surface area contributed by atoms with Crippen LogP contribution in [0.3, 0.4) is 0 Å². The molecule has 1 aromatic heterocycles. The highest BCUT2D eigenvalue weighted by Gasteiger charge is 2.04. The molecule has 4 nitrogen and oxygen atoms in total. The maximum Gasteiger partial charge on any atom is 0.354 e. The number of hydrogen-bond acceptors (Lipinski definition) is 3. The number of nitrogens with zero attached hydrogens (tertiary/aromatic N) is 1. The molecule has 0 radical (unpaired) electrons. The Morgan fingerprint density at radius 3 is 2.83 bits per heavy atom. The van der Waals surface area contributed by atoms with Crippen LogP contribution >= 0.6 is 0 Å². The maximum atomic E-state index is 10.7. The lowest BCUT2D eigenvalue weighted by Gasteiger charge is -2.06. The summed E-state index contributed by atoms with van der Waals surface area (Å²) in [5.74, 6) is -0.215. The summed E-state index contributed by atoms with van der Waals surface area (Å²) in [6.45, 7) is 6.04. The second kappa shape index (κ2) is 7.82. The molecule has 0 unspecified atom stereocenters. The predicted octanol–water partition coefficient (Wildman–Crippen LogP) is 2.70. The van der Waals surface area contributed by atoms with Crippen LogP contribution in [0.2, 0.25) is 0 Å². The van der Waals surface area contributed by atoms with Gasteiger partial charge in [0.15, 0.2) is 0 Å². The van der Waals surface area contributed by atoms with Crippen LogP contribution in [0.25, 0.3) is 0 Å². The lowest BCUT2D eigenvalue weighted by atomic mass is 10.1. The molecule has 0 aliphatic heterocycles. The Morgan fingerprint density at radius 1 is 1.39 bits per heavy atom. The summed E-state index contributed by atoms with van der Waals surface area (Å²) < 4.78 is 0. The highest BCUT2D eigenvalue weighted by molar-refractivity contribution is 5.85. The molecule has 100 valence electrons. The largest absolute Gasteiger partial charge is 0.477 e. The number of carbonyl (C=O) groups is 1. The van der Waals surface area contributed by atoms with Gasteiger partial charge < -0.3 is 10.4 Å². The van der Waals surface area contributed by atoms with Gasteiger partial charge in [0.25, 0.3) is 0 Å². The second-order valence-electron chi connectivity index (χ2n) is 4.89. The summed E-state index contributed by atoms with van der Waals surface area (Å²) in [5.41, 5.74) is 0.882. The van der Waals surface area contributed by atoms with Gasteiger partial charge in [-0.25, -0.2) is 9.78 Å². The van der Waals surface area contributed by atoms with E-state index in [0.29, 0.717) is 6.54 Å². The van der Waals surface area contributed by atoms with Crippen molar-refractivity contribution in [3.8, 4) is 0 Å². The summed E-state index contributed by atoms with van der Waals surface area (Å²) in [7, 11) is 0. The molecule has 0 spiro atoms.